The lowest BCUT2D eigenvalue weighted by Crippen LogP contribution is -2.30. The van der Waals surface area contributed by atoms with Gasteiger partial charge >= 0.3 is 0 Å². The van der Waals surface area contributed by atoms with Crippen LogP contribution < -0.4 is 9.47 Å². The molecule has 8 nitrogen and oxygen atoms in total. The monoisotopic (exact) mass is 346 g/mol. The number of amides is 1. The lowest BCUT2D eigenvalue weighted by Gasteiger charge is -2.17. The lowest BCUT2D eigenvalue weighted by molar-refractivity contribution is 0.0760. The number of aliphatic hydroxyl groups excluding tert-OH is 1. The van der Waals surface area contributed by atoms with Crippen LogP contribution in [0.3, 0.4) is 0 Å². The van der Waals surface area contributed by atoms with Crippen LogP contribution in [0.15, 0.2) is 18.2 Å². The Labute approximate surface area is 145 Å². The summed E-state index contributed by atoms with van der Waals surface area (Å²) >= 11 is 0. The van der Waals surface area contributed by atoms with E-state index in [1.54, 1.807) is 17.0 Å². The Morgan fingerprint density at radius 3 is 2.80 bits per heavy atom. The first-order valence-electron chi connectivity index (χ1n) is 8.09. The summed E-state index contributed by atoms with van der Waals surface area (Å²) in [7, 11) is 2.96. The standard InChI is InChI=1S/C17H22N4O4/c1-10-6-12(20-19-10)7-11-8-21(9-14(11)22)17(23)13-4-5-15(24-2)18-16(13)25-3/h4-6,11,14,22H,7-9H2,1-3H3,(H,19,20)/t11-,14+/m1/s1. The molecule has 1 fully saturated rings. The maximum atomic E-state index is 12.8. The SMILES string of the molecule is COc1ccc(C(=O)N2C[C@@H](Cc3cc(C)[nH]n3)[C@@H](O)C2)c(OC)n1. The summed E-state index contributed by atoms with van der Waals surface area (Å²) < 4.78 is 10.3. The zero-order valence-electron chi connectivity index (χ0n) is 14.5. The highest BCUT2D eigenvalue weighted by molar-refractivity contribution is 5.96. The Kier molecular flexibility index (Phi) is 4.89. The second kappa shape index (κ2) is 7.10. The number of aromatic amines is 1. The number of rotatable bonds is 5. The molecule has 134 valence electrons. The first-order valence-corrected chi connectivity index (χ1v) is 8.09. The zero-order chi connectivity index (χ0) is 18.0. The van der Waals surface area contributed by atoms with E-state index in [4.69, 9.17) is 9.47 Å². The number of β-amino-alcohol motifs (C(OH)–C–C–N with tert-alkyl or cyclic N) is 1. The molecule has 0 bridgehead atoms. The van der Waals surface area contributed by atoms with Gasteiger partial charge in [-0.15, -0.1) is 0 Å². The van der Waals surface area contributed by atoms with E-state index in [0.29, 0.717) is 24.4 Å². The van der Waals surface area contributed by atoms with Crippen molar-refractivity contribution in [2.24, 2.45) is 5.92 Å². The molecular formula is C17H22N4O4. The van der Waals surface area contributed by atoms with Crippen molar-refractivity contribution in [2.45, 2.75) is 19.4 Å². The average Bonchev–Trinajstić information content (AvgIpc) is 3.19. The van der Waals surface area contributed by atoms with Gasteiger partial charge < -0.3 is 19.5 Å². The first kappa shape index (κ1) is 17.2. The van der Waals surface area contributed by atoms with Gasteiger partial charge in [-0.05, 0) is 25.5 Å². The van der Waals surface area contributed by atoms with Crippen molar-refractivity contribution in [3.63, 3.8) is 0 Å². The van der Waals surface area contributed by atoms with E-state index in [0.717, 1.165) is 11.4 Å². The van der Waals surface area contributed by atoms with Crippen LogP contribution in [0.2, 0.25) is 0 Å². The maximum Gasteiger partial charge on any atom is 0.259 e. The molecule has 0 spiro atoms. The Balaban J connectivity index is 1.73. The number of methoxy groups -OCH3 is 2. The molecular weight excluding hydrogens is 324 g/mol. The predicted molar refractivity (Wildman–Crippen MR) is 89.8 cm³/mol. The fourth-order valence-corrected chi connectivity index (χ4v) is 3.09. The Morgan fingerprint density at radius 1 is 1.36 bits per heavy atom. The van der Waals surface area contributed by atoms with Crippen molar-refractivity contribution in [2.75, 3.05) is 27.3 Å². The van der Waals surface area contributed by atoms with E-state index in [2.05, 4.69) is 15.2 Å². The number of aromatic nitrogens is 3. The molecule has 0 saturated carbocycles. The van der Waals surface area contributed by atoms with Crippen LogP contribution in [0.25, 0.3) is 0 Å². The van der Waals surface area contributed by atoms with Gasteiger partial charge in [0.1, 0.15) is 5.56 Å². The van der Waals surface area contributed by atoms with Gasteiger partial charge in [0.25, 0.3) is 5.91 Å². The molecule has 2 N–H and O–H groups in total. The van der Waals surface area contributed by atoms with Crippen molar-refractivity contribution in [1.82, 2.24) is 20.1 Å². The normalized spacial score (nSPS) is 19.9. The highest BCUT2D eigenvalue weighted by Gasteiger charge is 2.35. The molecule has 2 atom stereocenters. The second-order valence-electron chi connectivity index (χ2n) is 6.19. The number of pyridine rings is 1. The number of aliphatic hydroxyl groups is 1. The number of aryl methyl sites for hydroxylation is 1. The largest absolute Gasteiger partial charge is 0.481 e. The first-order chi connectivity index (χ1) is 12.0. The number of nitrogens with zero attached hydrogens (tertiary/aromatic N) is 3. The third-order valence-electron chi connectivity index (χ3n) is 4.39. The molecule has 1 amide bonds. The van der Waals surface area contributed by atoms with Crippen LogP contribution in [-0.2, 0) is 6.42 Å². The molecule has 0 aromatic carbocycles. The molecule has 1 saturated heterocycles. The fourth-order valence-electron chi connectivity index (χ4n) is 3.09. The van der Waals surface area contributed by atoms with E-state index in [-0.39, 0.29) is 24.2 Å². The van der Waals surface area contributed by atoms with Crippen molar-refractivity contribution in [3.8, 4) is 11.8 Å². The van der Waals surface area contributed by atoms with Gasteiger partial charge in [0.05, 0.1) is 26.0 Å². The number of likely N-dealkylation sites (tertiary alicyclic amines) is 1. The highest BCUT2D eigenvalue weighted by Crippen LogP contribution is 2.26. The highest BCUT2D eigenvalue weighted by atomic mass is 16.5. The Morgan fingerprint density at radius 2 is 2.16 bits per heavy atom. The smallest absolute Gasteiger partial charge is 0.259 e. The van der Waals surface area contributed by atoms with E-state index in [1.165, 1.54) is 14.2 Å². The van der Waals surface area contributed by atoms with Crippen molar-refractivity contribution in [3.05, 3.63) is 35.2 Å². The lowest BCUT2D eigenvalue weighted by atomic mass is 10.0. The molecule has 3 rings (SSSR count). The van der Waals surface area contributed by atoms with E-state index >= 15 is 0 Å². The molecule has 1 aliphatic heterocycles. The van der Waals surface area contributed by atoms with Crippen molar-refractivity contribution in [1.29, 1.82) is 0 Å². The molecule has 0 aliphatic carbocycles. The number of carbonyl (C=O) groups excluding carboxylic acids is 1. The minimum atomic E-state index is -0.585. The van der Waals surface area contributed by atoms with Crippen LogP contribution >= 0.6 is 0 Å². The van der Waals surface area contributed by atoms with Crippen molar-refractivity contribution < 1.29 is 19.4 Å². The second-order valence-corrected chi connectivity index (χ2v) is 6.19. The molecule has 2 aromatic rings. The van der Waals surface area contributed by atoms with Gasteiger partial charge in [-0.25, -0.2) is 0 Å². The minimum absolute atomic E-state index is 0.0520. The van der Waals surface area contributed by atoms with Crippen LogP contribution in [0, 0.1) is 12.8 Å². The molecule has 3 heterocycles. The summed E-state index contributed by atoms with van der Waals surface area (Å²) in [5.74, 6) is 0.322. The third-order valence-corrected chi connectivity index (χ3v) is 4.39. The molecule has 25 heavy (non-hydrogen) atoms. The number of H-pyrrole nitrogens is 1. The van der Waals surface area contributed by atoms with Gasteiger partial charge in [-0.1, -0.05) is 0 Å². The molecule has 0 unspecified atom stereocenters. The van der Waals surface area contributed by atoms with Crippen molar-refractivity contribution >= 4 is 5.91 Å². The molecule has 8 heteroatoms. The van der Waals surface area contributed by atoms with Gasteiger partial charge in [0.2, 0.25) is 11.8 Å². The molecule has 0 radical (unpaired) electrons. The summed E-state index contributed by atoms with van der Waals surface area (Å²) in [6.45, 7) is 2.67. The van der Waals surface area contributed by atoms with Gasteiger partial charge in [0.15, 0.2) is 0 Å². The fraction of sp³-hybridized carbons (Fsp3) is 0.471. The predicted octanol–water partition coefficient (Wildman–Crippen LogP) is 0.806. The quantitative estimate of drug-likeness (QED) is 0.831. The van der Waals surface area contributed by atoms with E-state index < -0.39 is 6.10 Å². The Hall–Kier alpha value is -2.61. The van der Waals surface area contributed by atoms with Gasteiger partial charge in [-0.3, -0.25) is 9.89 Å². The molecule has 2 aromatic heterocycles. The number of hydrogen-bond donors (Lipinski definition) is 2. The van der Waals surface area contributed by atoms with E-state index in [9.17, 15) is 9.90 Å². The van der Waals surface area contributed by atoms with Crippen LogP contribution in [0.5, 0.6) is 11.8 Å². The number of ether oxygens (including phenoxy) is 2. The number of carbonyl (C=O) groups is 1. The maximum absolute atomic E-state index is 12.8. The van der Waals surface area contributed by atoms with Gasteiger partial charge in [0, 0.05) is 30.8 Å². The summed E-state index contributed by atoms with van der Waals surface area (Å²) in [5, 5.41) is 17.4. The number of nitrogens with one attached hydrogen (secondary N) is 1. The minimum Gasteiger partial charge on any atom is -0.481 e. The molecule has 1 aliphatic rings. The topological polar surface area (TPSA) is 101 Å². The average molecular weight is 346 g/mol. The Bertz CT molecular complexity index is 761. The van der Waals surface area contributed by atoms with E-state index in [1.807, 2.05) is 13.0 Å². The van der Waals surface area contributed by atoms with Crippen LogP contribution in [0.1, 0.15) is 21.7 Å². The summed E-state index contributed by atoms with van der Waals surface area (Å²) in [4.78, 5) is 18.6. The van der Waals surface area contributed by atoms with Crippen LogP contribution in [0.4, 0.5) is 0 Å². The van der Waals surface area contributed by atoms with Crippen LogP contribution in [-0.4, -0.2) is 64.5 Å². The number of hydrogen-bond acceptors (Lipinski definition) is 6. The summed E-state index contributed by atoms with van der Waals surface area (Å²) in [6.07, 6.45) is 0.0333. The summed E-state index contributed by atoms with van der Waals surface area (Å²) in [6, 6.07) is 5.20. The van der Waals surface area contributed by atoms with Gasteiger partial charge in [-0.2, -0.15) is 10.1 Å². The third kappa shape index (κ3) is 3.58. The summed E-state index contributed by atoms with van der Waals surface area (Å²) in [5.41, 5.74) is 2.22. The zero-order valence-corrected chi connectivity index (χ0v) is 14.5.